The zero-order valence-electron chi connectivity index (χ0n) is 11.2. The maximum atomic E-state index is 10.8. The molecule has 0 radical (unpaired) electrons. The number of benzene rings is 2. The zero-order valence-corrected chi connectivity index (χ0v) is 12.8. The molecule has 118 valence electrons. The number of nitro benzene ring substituents is 2. The summed E-state index contributed by atoms with van der Waals surface area (Å²) in [4.78, 5) is 23.9. The molecule has 2 aromatic rings. The van der Waals surface area contributed by atoms with Gasteiger partial charge in [-0.1, -0.05) is 15.9 Å². The normalized spacial score (nSPS) is 10.8. The molecule has 0 fully saturated rings. The molecule has 0 aliphatic rings. The van der Waals surface area contributed by atoms with Crippen LogP contribution in [0.4, 0.5) is 17.1 Å². The number of hydrogen-bond donors (Lipinski definition) is 2. The fourth-order valence-corrected chi connectivity index (χ4v) is 2.18. The molecule has 0 heterocycles. The van der Waals surface area contributed by atoms with Crippen molar-refractivity contribution in [1.82, 2.24) is 0 Å². The van der Waals surface area contributed by atoms with E-state index in [2.05, 4.69) is 20.9 Å². The molecule has 2 aromatic carbocycles. The average molecular weight is 382 g/mol. The summed E-state index contributed by atoms with van der Waals surface area (Å²) in [5, 5.41) is 40.9. The molecule has 0 aliphatic heterocycles. The van der Waals surface area contributed by atoms with Crippen molar-refractivity contribution in [3.8, 4) is 11.5 Å². The second kappa shape index (κ2) is 6.40. The number of aliphatic imine (C=N–C) groups is 1. The van der Waals surface area contributed by atoms with E-state index in [-0.39, 0.29) is 16.9 Å². The van der Waals surface area contributed by atoms with Crippen LogP contribution >= 0.6 is 15.9 Å². The Bertz CT molecular complexity index is 837. The number of rotatable bonds is 4. The molecule has 0 saturated heterocycles. The number of nitrogens with zero attached hydrogens (tertiary/aromatic N) is 3. The fraction of sp³-hybridized carbons (Fsp3) is 0. The summed E-state index contributed by atoms with van der Waals surface area (Å²) in [5.74, 6) is -1.01. The summed E-state index contributed by atoms with van der Waals surface area (Å²) in [7, 11) is 0. The molecule has 2 rings (SSSR count). The highest BCUT2D eigenvalue weighted by Gasteiger charge is 2.17. The number of phenolic OH excluding ortho intramolecular Hbond substituents is 2. The lowest BCUT2D eigenvalue weighted by molar-refractivity contribution is -0.386. The lowest BCUT2D eigenvalue weighted by atomic mass is 10.2. The number of non-ortho nitro benzene ring substituents is 1. The minimum absolute atomic E-state index is 0.0117. The average Bonchev–Trinajstić information content (AvgIpc) is 2.48. The Hall–Kier alpha value is -3.01. The summed E-state index contributed by atoms with van der Waals surface area (Å²) in [6, 6.07) is 5.82. The Balaban J connectivity index is 2.41. The van der Waals surface area contributed by atoms with Gasteiger partial charge in [0, 0.05) is 28.4 Å². The van der Waals surface area contributed by atoms with Crippen LogP contribution in [0.25, 0.3) is 0 Å². The standard InChI is InChI=1S/C13H8BrN3O6/c14-8-3-7(13(19)11(4-8)17(22)23)6-15-10-2-1-9(16(20)21)5-12(10)18/h1-6,18-19H. The van der Waals surface area contributed by atoms with Crippen LogP contribution in [0.3, 0.4) is 0 Å². The first-order valence-electron chi connectivity index (χ1n) is 5.98. The van der Waals surface area contributed by atoms with E-state index in [1.807, 2.05) is 0 Å². The van der Waals surface area contributed by atoms with Crippen molar-refractivity contribution in [2.75, 3.05) is 0 Å². The van der Waals surface area contributed by atoms with Crippen LogP contribution in [0.5, 0.6) is 11.5 Å². The van der Waals surface area contributed by atoms with Crippen LogP contribution < -0.4 is 0 Å². The van der Waals surface area contributed by atoms with Gasteiger partial charge >= 0.3 is 5.69 Å². The molecule has 0 bridgehead atoms. The van der Waals surface area contributed by atoms with E-state index >= 15 is 0 Å². The number of halogens is 1. The Morgan fingerprint density at radius 3 is 2.35 bits per heavy atom. The predicted octanol–water partition coefficient (Wildman–Crippen LogP) is 3.43. The van der Waals surface area contributed by atoms with Gasteiger partial charge in [-0.15, -0.1) is 0 Å². The highest BCUT2D eigenvalue weighted by Crippen LogP contribution is 2.34. The predicted molar refractivity (Wildman–Crippen MR) is 84.5 cm³/mol. The van der Waals surface area contributed by atoms with Crippen LogP contribution in [0.2, 0.25) is 0 Å². The molecule has 0 unspecified atom stereocenters. The highest BCUT2D eigenvalue weighted by atomic mass is 79.9. The van der Waals surface area contributed by atoms with Crippen molar-refractivity contribution < 1.29 is 20.1 Å². The van der Waals surface area contributed by atoms with Gasteiger partial charge in [-0.3, -0.25) is 25.2 Å². The SMILES string of the molecule is O=[N+]([O-])c1ccc(N=Cc2cc(Br)cc([N+](=O)[O-])c2O)c(O)c1. The molecule has 0 aliphatic carbocycles. The topological polar surface area (TPSA) is 139 Å². The highest BCUT2D eigenvalue weighted by molar-refractivity contribution is 9.10. The van der Waals surface area contributed by atoms with Gasteiger partial charge in [0.15, 0.2) is 0 Å². The molecular weight excluding hydrogens is 374 g/mol. The summed E-state index contributed by atoms with van der Waals surface area (Å²) in [5.41, 5.74) is -0.752. The smallest absolute Gasteiger partial charge is 0.312 e. The number of hydrogen-bond acceptors (Lipinski definition) is 7. The number of nitro groups is 2. The molecule has 10 heteroatoms. The first kappa shape index (κ1) is 16.4. The van der Waals surface area contributed by atoms with Gasteiger partial charge in [0.1, 0.15) is 11.4 Å². The molecule has 23 heavy (non-hydrogen) atoms. The second-order valence-corrected chi connectivity index (χ2v) is 5.22. The van der Waals surface area contributed by atoms with Gasteiger partial charge < -0.3 is 10.2 Å². The number of phenols is 2. The zero-order chi connectivity index (χ0) is 17.1. The molecule has 0 amide bonds. The van der Waals surface area contributed by atoms with E-state index in [1.54, 1.807) is 0 Å². The van der Waals surface area contributed by atoms with E-state index in [0.717, 1.165) is 24.4 Å². The third-order valence-corrected chi connectivity index (χ3v) is 3.25. The Morgan fingerprint density at radius 2 is 1.78 bits per heavy atom. The van der Waals surface area contributed by atoms with E-state index in [1.165, 1.54) is 12.1 Å². The van der Waals surface area contributed by atoms with E-state index in [0.29, 0.717) is 4.47 Å². The molecule has 0 atom stereocenters. The minimum atomic E-state index is -0.749. The lowest BCUT2D eigenvalue weighted by Gasteiger charge is -2.02. The van der Waals surface area contributed by atoms with Crippen LogP contribution in [0, 0.1) is 20.2 Å². The Morgan fingerprint density at radius 1 is 1.09 bits per heavy atom. The van der Waals surface area contributed by atoms with Gasteiger partial charge in [0.25, 0.3) is 5.69 Å². The molecule has 0 saturated carbocycles. The monoisotopic (exact) mass is 381 g/mol. The van der Waals surface area contributed by atoms with Crippen molar-refractivity contribution >= 4 is 39.2 Å². The fourth-order valence-electron chi connectivity index (χ4n) is 1.72. The molecular formula is C13H8BrN3O6. The summed E-state index contributed by atoms with van der Waals surface area (Å²) >= 11 is 3.08. The van der Waals surface area contributed by atoms with Gasteiger partial charge in [-0.25, -0.2) is 0 Å². The van der Waals surface area contributed by atoms with Gasteiger partial charge in [-0.2, -0.15) is 0 Å². The van der Waals surface area contributed by atoms with E-state index < -0.39 is 27.0 Å². The minimum Gasteiger partial charge on any atom is -0.505 e. The van der Waals surface area contributed by atoms with Gasteiger partial charge in [-0.05, 0) is 12.1 Å². The van der Waals surface area contributed by atoms with Gasteiger partial charge in [0.2, 0.25) is 5.75 Å². The second-order valence-electron chi connectivity index (χ2n) is 4.31. The summed E-state index contributed by atoms with van der Waals surface area (Å²) < 4.78 is 0.358. The maximum absolute atomic E-state index is 10.8. The lowest BCUT2D eigenvalue weighted by Crippen LogP contribution is -1.92. The summed E-state index contributed by atoms with van der Waals surface area (Å²) in [6.45, 7) is 0. The maximum Gasteiger partial charge on any atom is 0.312 e. The Labute approximate surface area is 137 Å². The third kappa shape index (κ3) is 3.61. The summed E-state index contributed by atoms with van der Waals surface area (Å²) in [6.07, 6.45) is 1.11. The van der Waals surface area contributed by atoms with Crippen molar-refractivity contribution in [2.45, 2.75) is 0 Å². The first-order valence-corrected chi connectivity index (χ1v) is 6.77. The van der Waals surface area contributed by atoms with Crippen LogP contribution in [-0.2, 0) is 0 Å². The van der Waals surface area contributed by atoms with Crippen LogP contribution in [-0.4, -0.2) is 26.3 Å². The molecule has 0 aromatic heterocycles. The van der Waals surface area contributed by atoms with Gasteiger partial charge in [0.05, 0.1) is 15.9 Å². The van der Waals surface area contributed by atoms with Crippen molar-refractivity contribution in [1.29, 1.82) is 0 Å². The van der Waals surface area contributed by atoms with Crippen LogP contribution in [0.15, 0.2) is 39.8 Å². The van der Waals surface area contributed by atoms with Crippen molar-refractivity contribution in [3.63, 3.8) is 0 Å². The molecule has 2 N–H and O–H groups in total. The van der Waals surface area contributed by atoms with Crippen molar-refractivity contribution in [3.05, 3.63) is 60.6 Å². The molecule has 9 nitrogen and oxygen atoms in total. The van der Waals surface area contributed by atoms with Crippen LogP contribution in [0.1, 0.15) is 5.56 Å². The molecule has 0 spiro atoms. The van der Waals surface area contributed by atoms with Crippen molar-refractivity contribution in [2.24, 2.45) is 4.99 Å². The number of aromatic hydroxyl groups is 2. The van der Waals surface area contributed by atoms with E-state index in [4.69, 9.17) is 0 Å². The third-order valence-electron chi connectivity index (χ3n) is 2.79. The largest absolute Gasteiger partial charge is 0.505 e. The Kier molecular flexibility index (Phi) is 4.55. The first-order chi connectivity index (χ1) is 10.8. The van der Waals surface area contributed by atoms with E-state index in [9.17, 15) is 30.4 Å². The quantitative estimate of drug-likeness (QED) is 0.472.